The topological polar surface area (TPSA) is 34.1 Å². The molecular weight excluding hydrogens is 448 g/mol. The Morgan fingerprint density at radius 1 is 0.692 bits per heavy atom. The quantitative estimate of drug-likeness (QED) is 0.368. The van der Waals surface area contributed by atoms with Crippen LogP contribution in [0.5, 0.6) is 0 Å². The molecule has 19 heteroatoms. The van der Waals surface area contributed by atoms with Crippen LogP contribution in [0.3, 0.4) is 0 Å². The van der Waals surface area contributed by atoms with E-state index in [-0.39, 0.29) is 51.4 Å². The predicted octanol–water partition coefficient (Wildman–Crippen LogP) is 1.79. The van der Waals surface area contributed by atoms with E-state index in [1.807, 2.05) is 0 Å². The summed E-state index contributed by atoms with van der Waals surface area (Å²) in [4.78, 5) is 0.339. The molecule has 0 aliphatic rings. The van der Waals surface area contributed by atoms with Gasteiger partial charge in [0.1, 0.15) is 0 Å². The number of hydrogen-bond donors (Lipinski definition) is 0. The van der Waals surface area contributed by atoms with Gasteiger partial charge < -0.3 is 51.8 Å². The molecular formula is C7H7B3F12KO2S-3. The number of rotatable bonds is 1. The van der Waals surface area contributed by atoms with Crippen LogP contribution in [0, 0.1) is 6.07 Å². The van der Waals surface area contributed by atoms with Crippen molar-refractivity contribution in [1.82, 2.24) is 0 Å². The van der Waals surface area contributed by atoms with Crippen LogP contribution in [-0.4, -0.2) is 36.4 Å². The van der Waals surface area contributed by atoms with Gasteiger partial charge in [-0.15, -0.1) is 0 Å². The largest absolute Gasteiger partial charge is 1.00 e. The van der Waals surface area contributed by atoms with Gasteiger partial charge in [-0.05, 0) is 4.90 Å². The summed E-state index contributed by atoms with van der Waals surface area (Å²) in [5.74, 6) is 0. The van der Waals surface area contributed by atoms with E-state index in [1.165, 1.54) is 18.4 Å². The number of hydrogen-bond acceptors (Lipinski definition) is 2. The molecule has 0 aliphatic heterocycles. The minimum atomic E-state index is -6.00. The Kier molecular flexibility index (Phi) is 18.4. The third kappa shape index (κ3) is 64.6. The zero-order valence-electron chi connectivity index (χ0n) is 12.8. The zero-order valence-corrected chi connectivity index (χ0v) is 16.7. The molecule has 0 spiro atoms. The van der Waals surface area contributed by atoms with E-state index in [2.05, 4.69) is 6.07 Å². The SMILES string of the molecule is CS(=O)(=O)c1cc[c-]cc1.F[B-](F)(F)F.F[B-](F)(F)F.F[B-](F)(F)F.[K+]. The molecule has 0 heterocycles. The summed E-state index contributed by atoms with van der Waals surface area (Å²) in [6, 6.07) is 8.95. The second kappa shape index (κ2) is 14.2. The first kappa shape index (κ1) is 33.7. The van der Waals surface area contributed by atoms with Crippen molar-refractivity contribution in [2.45, 2.75) is 4.90 Å². The Bertz CT molecular complexity index is 512. The van der Waals surface area contributed by atoms with E-state index in [0.29, 0.717) is 4.90 Å². The fraction of sp³-hybridized carbons (Fsp3) is 0.143. The van der Waals surface area contributed by atoms with E-state index in [1.54, 1.807) is 12.1 Å². The molecule has 0 fully saturated rings. The van der Waals surface area contributed by atoms with Crippen molar-refractivity contribution < 1.29 is 112 Å². The summed E-state index contributed by atoms with van der Waals surface area (Å²) in [5.41, 5.74) is 0. The van der Waals surface area contributed by atoms with Gasteiger partial charge in [-0.1, -0.05) is 0 Å². The molecule has 0 bridgehead atoms. The molecule has 0 unspecified atom stereocenters. The number of halogens is 12. The fourth-order valence-electron chi connectivity index (χ4n) is 0.619. The molecule has 0 aliphatic carbocycles. The fourth-order valence-corrected chi connectivity index (χ4v) is 1.25. The van der Waals surface area contributed by atoms with Crippen LogP contribution >= 0.6 is 0 Å². The average molecular weight is 455 g/mol. The first-order valence-electron chi connectivity index (χ1n) is 5.39. The van der Waals surface area contributed by atoms with Crippen LogP contribution in [-0.2, 0) is 9.84 Å². The Hall–Kier alpha value is 0.161. The first-order chi connectivity index (χ1) is 10.6. The maximum atomic E-state index is 10.8. The van der Waals surface area contributed by atoms with Gasteiger partial charge in [-0.2, -0.15) is 30.3 Å². The normalized spacial score (nSPS) is 11.3. The summed E-state index contributed by atoms with van der Waals surface area (Å²) in [7, 11) is -21.0. The van der Waals surface area contributed by atoms with Crippen LogP contribution < -0.4 is 51.4 Å². The molecule has 0 amide bonds. The third-order valence-electron chi connectivity index (χ3n) is 1.12. The van der Waals surface area contributed by atoms with Crippen LogP contribution in [0.4, 0.5) is 51.8 Å². The molecule has 1 aromatic carbocycles. The van der Waals surface area contributed by atoms with Crippen LogP contribution in [0.15, 0.2) is 29.2 Å². The van der Waals surface area contributed by atoms with Crippen molar-refractivity contribution in [2.24, 2.45) is 0 Å². The minimum absolute atomic E-state index is 0. The Morgan fingerprint density at radius 2 is 0.885 bits per heavy atom. The van der Waals surface area contributed by atoms with Crippen molar-refractivity contribution in [2.75, 3.05) is 6.26 Å². The summed E-state index contributed by atoms with van der Waals surface area (Å²) in [5, 5.41) is 0. The van der Waals surface area contributed by atoms with Gasteiger partial charge in [-0.25, -0.2) is 8.42 Å². The Balaban J connectivity index is -0.000000132. The van der Waals surface area contributed by atoms with E-state index >= 15 is 0 Å². The Labute approximate surface area is 183 Å². The van der Waals surface area contributed by atoms with Gasteiger partial charge in [0.2, 0.25) is 0 Å². The van der Waals surface area contributed by atoms with Gasteiger partial charge >= 0.3 is 73.1 Å². The molecule has 150 valence electrons. The Morgan fingerprint density at radius 3 is 1.00 bits per heavy atom. The van der Waals surface area contributed by atoms with Crippen molar-refractivity contribution in [1.29, 1.82) is 0 Å². The standard InChI is InChI=1S/C7H7O2S.3BF4.K/c1-10(8,9)7-5-3-2-4-6-7;3*2-1(3,4)5;/h3-6H,1H3;;;;/q4*-1;+1. The van der Waals surface area contributed by atoms with Crippen LogP contribution in [0.25, 0.3) is 0 Å². The van der Waals surface area contributed by atoms with Crippen molar-refractivity contribution in [3.05, 3.63) is 30.3 Å². The molecule has 0 N–H and O–H groups in total. The minimum Gasteiger partial charge on any atom is -0.418 e. The van der Waals surface area contributed by atoms with Crippen LogP contribution in [0.1, 0.15) is 0 Å². The summed E-state index contributed by atoms with van der Waals surface area (Å²) < 4.78 is 139. The van der Waals surface area contributed by atoms with Crippen molar-refractivity contribution in [3.8, 4) is 0 Å². The van der Waals surface area contributed by atoms with Crippen molar-refractivity contribution >= 4 is 31.6 Å². The molecule has 2 nitrogen and oxygen atoms in total. The second-order valence-electron chi connectivity index (χ2n) is 3.49. The molecule has 0 saturated heterocycles. The third-order valence-corrected chi connectivity index (χ3v) is 2.24. The molecule has 0 radical (unpaired) electrons. The van der Waals surface area contributed by atoms with E-state index in [9.17, 15) is 60.2 Å². The number of benzene rings is 1. The molecule has 1 aromatic rings. The molecule has 0 atom stereocenters. The zero-order chi connectivity index (χ0) is 21.1. The molecule has 0 aromatic heterocycles. The molecule has 0 saturated carbocycles. The van der Waals surface area contributed by atoms with Gasteiger partial charge in [0.15, 0.2) is 9.84 Å². The summed E-state index contributed by atoms with van der Waals surface area (Å²) in [6.45, 7) is 0. The maximum Gasteiger partial charge on any atom is 1.00 e. The summed E-state index contributed by atoms with van der Waals surface area (Å²) >= 11 is 0. The van der Waals surface area contributed by atoms with E-state index < -0.39 is 31.6 Å². The summed E-state index contributed by atoms with van der Waals surface area (Å²) in [6.07, 6.45) is 1.18. The molecule has 1 rings (SSSR count). The van der Waals surface area contributed by atoms with Gasteiger partial charge in [-0.3, -0.25) is 0 Å². The van der Waals surface area contributed by atoms with Gasteiger partial charge in [0, 0.05) is 6.26 Å². The smallest absolute Gasteiger partial charge is 0.418 e. The van der Waals surface area contributed by atoms with E-state index in [0.717, 1.165) is 0 Å². The predicted molar refractivity (Wildman–Crippen MR) is 68.9 cm³/mol. The average Bonchev–Trinajstić information content (AvgIpc) is 2.22. The monoisotopic (exact) mass is 455 g/mol. The molecule has 26 heavy (non-hydrogen) atoms. The van der Waals surface area contributed by atoms with Gasteiger partial charge in [0.05, 0.1) is 0 Å². The number of sulfone groups is 1. The first-order valence-corrected chi connectivity index (χ1v) is 7.28. The van der Waals surface area contributed by atoms with E-state index in [4.69, 9.17) is 0 Å². The second-order valence-corrected chi connectivity index (χ2v) is 5.51. The van der Waals surface area contributed by atoms with Crippen LogP contribution in [0.2, 0.25) is 0 Å². The maximum absolute atomic E-state index is 10.8. The van der Waals surface area contributed by atoms with Crippen molar-refractivity contribution in [3.63, 3.8) is 0 Å². The van der Waals surface area contributed by atoms with Gasteiger partial charge in [0.25, 0.3) is 0 Å².